The minimum atomic E-state index is -0.740. The van der Waals surface area contributed by atoms with E-state index in [1.807, 2.05) is 0 Å². The van der Waals surface area contributed by atoms with Crippen molar-refractivity contribution in [2.24, 2.45) is 12.8 Å². The fourth-order valence-corrected chi connectivity index (χ4v) is 1.02. The Hall–Kier alpha value is -0.940. The Labute approximate surface area is 71.2 Å². The van der Waals surface area contributed by atoms with Crippen molar-refractivity contribution in [1.29, 1.82) is 0 Å². The lowest BCUT2D eigenvalue weighted by molar-refractivity contribution is 0.139. The van der Waals surface area contributed by atoms with Crippen LogP contribution in [0, 0.1) is 6.92 Å². The number of aryl methyl sites for hydroxylation is 2. The monoisotopic (exact) mass is 170 g/mol. The lowest BCUT2D eigenvalue weighted by Crippen LogP contribution is -2.26. The summed E-state index contributed by atoms with van der Waals surface area (Å²) in [7, 11) is 1.74. The van der Waals surface area contributed by atoms with Crippen molar-refractivity contribution in [3.8, 4) is 0 Å². The topological polar surface area (TPSA) is 77.0 Å². The highest BCUT2D eigenvalue weighted by molar-refractivity contribution is 4.97. The van der Waals surface area contributed by atoms with Gasteiger partial charge in [-0.3, -0.25) is 4.68 Å². The van der Waals surface area contributed by atoms with Gasteiger partial charge in [0.15, 0.2) is 5.82 Å². The van der Waals surface area contributed by atoms with Crippen LogP contribution in [-0.4, -0.2) is 25.9 Å². The van der Waals surface area contributed by atoms with E-state index in [-0.39, 0.29) is 6.04 Å². The summed E-state index contributed by atoms with van der Waals surface area (Å²) in [5.41, 5.74) is 5.51. The maximum absolute atomic E-state index is 9.54. The van der Waals surface area contributed by atoms with E-state index in [1.165, 1.54) is 0 Å². The molecule has 1 rings (SSSR count). The number of aromatic nitrogens is 3. The molecule has 3 N–H and O–H groups in total. The van der Waals surface area contributed by atoms with Crippen LogP contribution in [0.15, 0.2) is 0 Å². The van der Waals surface area contributed by atoms with Crippen molar-refractivity contribution >= 4 is 0 Å². The zero-order valence-electron chi connectivity index (χ0n) is 7.52. The molecule has 0 fully saturated rings. The van der Waals surface area contributed by atoms with Crippen molar-refractivity contribution in [2.75, 3.05) is 0 Å². The molecule has 0 amide bonds. The van der Waals surface area contributed by atoms with E-state index in [0.29, 0.717) is 11.6 Å². The summed E-state index contributed by atoms with van der Waals surface area (Å²) in [6.07, 6.45) is -0.740. The molecule has 0 aromatic carbocycles. The molecule has 2 unspecified atom stereocenters. The van der Waals surface area contributed by atoms with Gasteiger partial charge in [-0.05, 0) is 13.8 Å². The average Bonchev–Trinajstić information content (AvgIpc) is 2.28. The second kappa shape index (κ2) is 3.20. The van der Waals surface area contributed by atoms with Crippen LogP contribution in [0.4, 0.5) is 0 Å². The normalized spacial score (nSPS) is 16.1. The van der Waals surface area contributed by atoms with Gasteiger partial charge in [-0.2, -0.15) is 5.10 Å². The molecule has 0 aliphatic heterocycles. The molecule has 0 aliphatic carbocycles. The molecule has 68 valence electrons. The first-order chi connectivity index (χ1) is 5.52. The molecule has 1 aromatic rings. The van der Waals surface area contributed by atoms with Gasteiger partial charge in [0.05, 0.1) is 0 Å². The number of hydrogen-bond donors (Lipinski definition) is 2. The average molecular weight is 170 g/mol. The fourth-order valence-electron chi connectivity index (χ4n) is 1.02. The van der Waals surface area contributed by atoms with Gasteiger partial charge in [0.2, 0.25) is 0 Å². The number of aliphatic hydroxyl groups is 1. The molecule has 1 aromatic heterocycles. The van der Waals surface area contributed by atoms with Crippen LogP contribution in [-0.2, 0) is 7.05 Å². The molecule has 2 atom stereocenters. The van der Waals surface area contributed by atoms with Crippen LogP contribution in [0.2, 0.25) is 0 Å². The third-order valence-corrected chi connectivity index (χ3v) is 1.67. The van der Waals surface area contributed by atoms with E-state index in [0.717, 1.165) is 0 Å². The van der Waals surface area contributed by atoms with Gasteiger partial charge in [-0.1, -0.05) is 0 Å². The summed E-state index contributed by atoms with van der Waals surface area (Å²) in [6.45, 7) is 3.51. The predicted molar refractivity (Wildman–Crippen MR) is 44.3 cm³/mol. The Kier molecular flexibility index (Phi) is 2.44. The number of hydrogen-bond acceptors (Lipinski definition) is 4. The van der Waals surface area contributed by atoms with Crippen molar-refractivity contribution in [2.45, 2.75) is 26.0 Å². The first-order valence-electron chi connectivity index (χ1n) is 3.83. The van der Waals surface area contributed by atoms with E-state index in [9.17, 15) is 5.11 Å². The lowest BCUT2D eigenvalue weighted by atomic mass is 10.2. The van der Waals surface area contributed by atoms with Crippen molar-refractivity contribution in [1.82, 2.24) is 14.8 Å². The maximum Gasteiger partial charge on any atom is 0.157 e. The molecule has 0 radical (unpaired) electrons. The summed E-state index contributed by atoms with van der Waals surface area (Å²) >= 11 is 0. The number of aliphatic hydroxyl groups excluding tert-OH is 1. The van der Waals surface area contributed by atoms with Crippen molar-refractivity contribution < 1.29 is 5.11 Å². The second-order valence-corrected chi connectivity index (χ2v) is 2.94. The standard InChI is InChI=1S/C7H14N4O/c1-4(8)6(12)7-9-5(2)10-11(7)3/h4,6,12H,8H2,1-3H3. The second-order valence-electron chi connectivity index (χ2n) is 2.94. The molecule has 0 saturated heterocycles. The summed E-state index contributed by atoms with van der Waals surface area (Å²) in [4.78, 5) is 4.05. The van der Waals surface area contributed by atoms with E-state index in [4.69, 9.17) is 5.73 Å². The maximum atomic E-state index is 9.54. The highest BCUT2D eigenvalue weighted by Crippen LogP contribution is 2.11. The molecule has 0 bridgehead atoms. The summed E-state index contributed by atoms with van der Waals surface area (Å²) < 4.78 is 1.54. The lowest BCUT2D eigenvalue weighted by Gasteiger charge is -2.12. The Morgan fingerprint density at radius 1 is 1.58 bits per heavy atom. The first kappa shape index (κ1) is 9.15. The zero-order chi connectivity index (χ0) is 9.30. The molecule has 12 heavy (non-hydrogen) atoms. The third kappa shape index (κ3) is 1.62. The Morgan fingerprint density at radius 3 is 2.50 bits per heavy atom. The minimum absolute atomic E-state index is 0.327. The SMILES string of the molecule is Cc1nc(C(O)C(C)N)n(C)n1. The van der Waals surface area contributed by atoms with Crippen molar-refractivity contribution in [3.63, 3.8) is 0 Å². The highest BCUT2D eigenvalue weighted by atomic mass is 16.3. The van der Waals surface area contributed by atoms with Gasteiger partial charge in [0, 0.05) is 13.1 Å². The Bertz CT molecular complexity index is 268. The number of nitrogens with zero attached hydrogens (tertiary/aromatic N) is 3. The van der Waals surface area contributed by atoms with Crippen LogP contribution >= 0.6 is 0 Å². The summed E-state index contributed by atoms with van der Waals surface area (Å²) in [5.74, 6) is 1.16. The smallest absolute Gasteiger partial charge is 0.157 e. The molecular formula is C7H14N4O. The van der Waals surface area contributed by atoms with Crippen LogP contribution in [0.1, 0.15) is 24.7 Å². The number of nitrogens with two attached hydrogens (primary N) is 1. The molecule has 5 nitrogen and oxygen atoms in total. The predicted octanol–water partition coefficient (Wildman–Crippen LogP) is -0.496. The third-order valence-electron chi connectivity index (χ3n) is 1.67. The molecule has 0 aliphatic rings. The largest absolute Gasteiger partial charge is 0.383 e. The molecule has 0 saturated carbocycles. The van der Waals surface area contributed by atoms with Crippen LogP contribution < -0.4 is 5.73 Å². The molecule has 5 heteroatoms. The Morgan fingerprint density at radius 2 is 2.17 bits per heavy atom. The van der Waals surface area contributed by atoms with Crippen LogP contribution in [0.3, 0.4) is 0 Å². The quantitative estimate of drug-likeness (QED) is 0.627. The van der Waals surface area contributed by atoms with Crippen molar-refractivity contribution in [3.05, 3.63) is 11.6 Å². The van der Waals surface area contributed by atoms with Crippen LogP contribution in [0.5, 0.6) is 0 Å². The van der Waals surface area contributed by atoms with Gasteiger partial charge in [0.25, 0.3) is 0 Å². The van der Waals surface area contributed by atoms with Gasteiger partial charge in [-0.15, -0.1) is 0 Å². The Balaban J connectivity index is 2.94. The zero-order valence-corrected chi connectivity index (χ0v) is 7.52. The van der Waals surface area contributed by atoms with E-state index < -0.39 is 6.10 Å². The van der Waals surface area contributed by atoms with Gasteiger partial charge >= 0.3 is 0 Å². The van der Waals surface area contributed by atoms with Gasteiger partial charge < -0.3 is 10.8 Å². The van der Waals surface area contributed by atoms with Gasteiger partial charge in [0.1, 0.15) is 11.9 Å². The molecular weight excluding hydrogens is 156 g/mol. The molecule has 1 heterocycles. The summed E-state index contributed by atoms with van der Waals surface area (Å²) in [5, 5.41) is 13.5. The first-order valence-corrected chi connectivity index (χ1v) is 3.83. The molecule has 0 spiro atoms. The summed E-state index contributed by atoms with van der Waals surface area (Å²) in [6, 6.07) is -0.327. The van der Waals surface area contributed by atoms with E-state index in [1.54, 1.807) is 25.6 Å². The van der Waals surface area contributed by atoms with Crippen LogP contribution in [0.25, 0.3) is 0 Å². The highest BCUT2D eigenvalue weighted by Gasteiger charge is 2.18. The van der Waals surface area contributed by atoms with E-state index >= 15 is 0 Å². The fraction of sp³-hybridized carbons (Fsp3) is 0.714. The van der Waals surface area contributed by atoms with E-state index in [2.05, 4.69) is 10.1 Å². The number of rotatable bonds is 2. The van der Waals surface area contributed by atoms with Gasteiger partial charge in [-0.25, -0.2) is 4.98 Å². The minimum Gasteiger partial charge on any atom is -0.383 e.